The fraction of sp³-hybridized carbons (Fsp3) is 0.400. The van der Waals surface area contributed by atoms with Gasteiger partial charge in [-0.25, -0.2) is 4.68 Å². The summed E-state index contributed by atoms with van der Waals surface area (Å²) in [4.78, 5) is 15.2. The maximum atomic E-state index is 13.4. The molecule has 8 nitrogen and oxygen atoms in total. The van der Waals surface area contributed by atoms with Crippen molar-refractivity contribution in [3.63, 3.8) is 0 Å². The second kappa shape index (κ2) is 11.4. The highest BCUT2D eigenvalue weighted by Gasteiger charge is 2.23. The number of ether oxygens (including phenoxy) is 3. The van der Waals surface area contributed by atoms with Crippen molar-refractivity contribution in [2.75, 3.05) is 27.4 Å². The average Bonchev–Trinajstić information content (AvgIpc) is 3.23. The summed E-state index contributed by atoms with van der Waals surface area (Å²) >= 11 is 0. The van der Waals surface area contributed by atoms with Crippen molar-refractivity contribution in [2.24, 2.45) is 0 Å². The largest absolute Gasteiger partial charge is 0.497 e. The van der Waals surface area contributed by atoms with Gasteiger partial charge >= 0.3 is 0 Å². The lowest BCUT2D eigenvalue weighted by Crippen LogP contribution is -2.32. The summed E-state index contributed by atoms with van der Waals surface area (Å²) in [5.74, 6) is 1.91. The highest BCUT2D eigenvalue weighted by Crippen LogP contribution is 2.29. The number of carbonyl (C=O) groups is 1. The van der Waals surface area contributed by atoms with E-state index in [0.717, 1.165) is 24.1 Å². The Morgan fingerprint density at radius 2 is 1.85 bits per heavy atom. The number of methoxy groups -OCH3 is 2. The van der Waals surface area contributed by atoms with E-state index in [4.69, 9.17) is 14.2 Å². The first-order valence-corrected chi connectivity index (χ1v) is 11.2. The van der Waals surface area contributed by atoms with Crippen LogP contribution in [0.3, 0.4) is 0 Å². The molecule has 0 radical (unpaired) electrons. The number of hydrogen-bond acceptors (Lipinski definition) is 6. The molecule has 1 heterocycles. The molecule has 0 N–H and O–H groups in total. The molecule has 0 aliphatic carbocycles. The zero-order valence-electron chi connectivity index (χ0n) is 20.0. The summed E-state index contributed by atoms with van der Waals surface area (Å²) in [6.45, 7) is 7.60. The van der Waals surface area contributed by atoms with Crippen molar-refractivity contribution in [2.45, 2.75) is 40.2 Å². The van der Waals surface area contributed by atoms with Crippen LogP contribution in [0.1, 0.15) is 48.4 Å². The minimum atomic E-state index is -0.159. The maximum absolute atomic E-state index is 13.4. The van der Waals surface area contributed by atoms with Gasteiger partial charge in [0.05, 0.1) is 32.2 Å². The molecule has 176 valence electrons. The number of rotatable bonds is 11. The topological polar surface area (TPSA) is 78.7 Å². The summed E-state index contributed by atoms with van der Waals surface area (Å²) < 4.78 is 18.2. The predicted octanol–water partition coefficient (Wildman–Crippen LogP) is 4.43. The van der Waals surface area contributed by atoms with Gasteiger partial charge in [0, 0.05) is 19.2 Å². The molecule has 0 bridgehead atoms. The van der Waals surface area contributed by atoms with Crippen LogP contribution in [0.4, 0.5) is 0 Å². The van der Waals surface area contributed by atoms with Crippen LogP contribution in [0.2, 0.25) is 0 Å². The summed E-state index contributed by atoms with van der Waals surface area (Å²) in [5, 5.41) is 8.44. The Morgan fingerprint density at radius 3 is 2.55 bits per heavy atom. The van der Waals surface area contributed by atoms with Gasteiger partial charge in [0.2, 0.25) is 0 Å². The molecular formula is C25H32N4O4. The van der Waals surface area contributed by atoms with Gasteiger partial charge < -0.3 is 19.1 Å². The van der Waals surface area contributed by atoms with Gasteiger partial charge in [-0.15, -0.1) is 5.10 Å². The van der Waals surface area contributed by atoms with E-state index >= 15 is 0 Å². The first-order valence-electron chi connectivity index (χ1n) is 11.2. The van der Waals surface area contributed by atoms with Gasteiger partial charge in [0.25, 0.3) is 5.91 Å². The smallest absolute Gasteiger partial charge is 0.276 e. The van der Waals surface area contributed by atoms with E-state index in [1.54, 1.807) is 23.8 Å². The van der Waals surface area contributed by atoms with Gasteiger partial charge in [0.15, 0.2) is 17.2 Å². The third-order valence-corrected chi connectivity index (χ3v) is 5.24. The van der Waals surface area contributed by atoms with E-state index < -0.39 is 0 Å². The van der Waals surface area contributed by atoms with E-state index in [0.29, 0.717) is 48.3 Å². The molecule has 8 heteroatoms. The van der Waals surface area contributed by atoms with Gasteiger partial charge in [0.1, 0.15) is 5.75 Å². The molecule has 0 saturated heterocycles. The Morgan fingerprint density at radius 1 is 1.03 bits per heavy atom. The molecule has 0 aliphatic heterocycles. The maximum Gasteiger partial charge on any atom is 0.276 e. The summed E-state index contributed by atoms with van der Waals surface area (Å²) in [6.07, 6.45) is 1.74. The molecule has 0 atom stereocenters. The van der Waals surface area contributed by atoms with Crippen LogP contribution in [0.15, 0.2) is 42.5 Å². The van der Waals surface area contributed by atoms with Crippen LogP contribution in [0, 0.1) is 6.92 Å². The molecule has 3 aromatic rings. The van der Waals surface area contributed by atoms with Crippen molar-refractivity contribution in [3.05, 3.63) is 59.4 Å². The molecule has 1 aromatic heterocycles. The Kier molecular flexibility index (Phi) is 8.29. The molecule has 33 heavy (non-hydrogen) atoms. The Balaban J connectivity index is 1.84. The Bertz CT molecular complexity index is 1080. The van der Waals surface area contributed by atoms with Crippen LogP contribution < -0.4 is 14.2 Å². The van der Waals surface area contributed by atoms with Crippen LogP contribution in [0.25, 0.3) is 5.69 Å². The lowest BCUT2D eigenvalue weighted by molar-refractivity contribution is 0.0736. The van der Waals surface area contributed by atoms with E-state index in [-0.39, 0.29) is 5.91 Å². The summed E-state index contributed by atoms with van der Waals surface area (Å²) in [7, 11) is 3.23. The zero-order valence-corrected chi connectivity index (χ0v) is 20.0. The molecule has 0 saturated carbocycles. The number of hydrogen-bond donors (Lipinski definition) is 0. The van der Waals surface area contributed by atoms with Crippen LogP contribution in [-0.4, -0.2) is 53.2 Å². The van der Waals surface area contributed by atoms with Crippen molar-refractivity contribution < 1.29 is 19.0 Å². The van der Waals surface area contributed by atoms with Crippen molar-refractivity contribution in [1.82, 2.24) is 19.9 Å². The summed E-state index contributed by atoms with van der Waals surface area (Å²) in [5.41, 5.74) is 2.75. The van der Waals surface area contributed by atoms with E-state index in [1.165, 1.54) is 0 Å². The molecule has 1 amide bonds. The Labute approximate surface area is 195 Å². The number of nitrogens with zero attached hydrogens (tertiary/aromatic N) is 4. The van der Waals surface area contributed by atoms with Gasteiger partial charge in [-0.2, -0.15) is 0 Å². The van der Waals surface area contributed by atoms with E-state index in [9.17, 15) is 4.79 Å². The van der Waals surface area contributed by atoms with Gasteiger partial charge in [-0.3, -0.25) is 4.79 Å². The number of benzene rings is 2. The third-order valence-electron chi connectivity index (χ3n) is 5.24. The van der Waals surface area contributed by atoms with E-state index in [2.05, 4.69) is 17.2 Å². The molecular weight excluding hydrogens is 420 g/mol. The lowest BCUT2D eigenvalue weighted by Gasteiger charge is -2.22. The standard InChI is InChI=1S/C25H32N4O4/c1-6-13-28(17-19-11-12-22(33-14-7-2)23(15-19)32-5)25(30)24-18(3)29(27-26-24)20-9-8-10-21(16-20)31-4/h8-12,15-16H,6-7,13-14,17H2,1-5H3. The first-order chi connectivity index (χ1) is 16.0. The van der Waals surface area contributed by atoms with Crippen molar-refractivity contribution >= 4 is 5.91 Å². The fourth-order valence-corrected chi connectivity index (χ4v) is 3.55. The molecule has 3 rings (SSSR count). The quantitative estimate of drug-likeness (QED) is 0.428. The van der Waals surface area contributed by atoms with Crippen LogP contribution in [0.5, 0.6) is 17.2 Å². The number of carbonyl (C=O) groups excluding carboxylic acids is 1. The minimum absolute atomic E-state index is 0.159. The Hall–Kier alpha value is -3.55. The lowest BCUT2D eigenvalue weighted by atomic mass is 10.1. The predicted molar refractivity (Wildman–Crippen MR) is 126 cm³/mol. The second-order valence-electron chi connectivity index (χ2n) is 7.70. The molecule has 0 fully saturated rings. The SMILES string of the molecule is CCCOc1ccc(CN(CCC)C(=O)c2nnn(-c3cccc(OC)c3)c2C)cc1OC. The van der Waals surface area contributed by atoms with Crippen molar-refractivity contribution in [3.8, 4) is 22.9 Å². The highest BCUT2D eigenvalue weighted by atomic mass is 16.5. The highest BCUT2D eigenvalue weighted by molar-refractivity contribution is 5.93. The molecule has 2 aromatic carbocycles. The first kappa shape index (κ1) is 24.1. The van der Waals surface area contributed by atoms with Crippen molar-refractivity contribution in [1.29, 1.82) is 0 Å². The molecule has 0 unspecified atom stereocenters. The normalized spacial score (nSPS) is 10.7. The van der Waals surface area contributed by atoms with Crippen LogP contribution in [-0.2, 0) is 6.54 Å². The van der Waals surface area contributed by atoms with Gasteiger partial charge in [-0.1, -0.05) is 31.2 Å². The zero-order chi connectivity index (χ0) is 23.8. The molecule has 0 aliphatic rings. The van der Waals surface area contributed by atoms with E-state index in [1.807, 2.05) is 56.3 Å². The fourth-order valence-electron chi connectivity index (χ4n) is 3.55. The number of aromatic nitrogens is 3. The molecule has 0 spiro atoms. The van der Waals surface area contributed by atoms with Crippen LogP contribution >= 0.6 is 0 Å². The summed E-state index contributed by atoms with van der Waals surface area (Å²) in [6, 6.07) is 13.3. The third kappa shape index (κ3) is 5.63. The minimum Gasteiger partial charge on any atom is -0.497 e. The number of amides is 1. The van der Waals surface area contributed by atoms with Gasteiger partial charge in [-0.05, 0) is 49.6 Å². The monoisotopic (exact) mass is 452 g/mol. The second-order valence-corrected chi connectivity index (χ2v) is 7.70. The average molecular weight is 453 g/mol.